The Balaban J connectivity index is 2.20. The molecule has 3 N–H and O–H groups in total. The summed E-state index contributed by atoms with van der Waals surface area (Å²) in [5, 5.41) is 4.42. The van der Waals surface area contributed by atoms with Gasteiger partial charge in [-0.15, -0.1) is 0 Å². The van der Waals surface area contributed by atoms with Gasteiger partial charge in [-0.25, -0.2) is 0 Å². The number of nitrogen functional groups attached to an aromatic ring is 1. The molecule has 0 fully saturated rings. The monoisotopic (exact) mass is 330 g/mol. The number of benzene rings is 2. The summed E-state index contributed by atoms with van der Waals surface area (Å²) >= 11 is 6.42. The molecule has 0 aromatic heterocycles. The summed E-state index contributed by atoms with van der Waals surface area (Å²) in [6, 6.07) is 12.3. The minimum Gasteiger partial charge on any atom is -0.399 e. The number of hydrogen-bond donors (Lipinski definition) is 2. The second kappa shape index (κ2) is 7.27. The van der Waals surface area contributed by atoms with Gasteiger partial charge < -0.3 is 11.1 Å². The summed E-state index contributed by atoms with van der Waals surface area (Å²) in [5.41, 5.74) is 11.5. The molecule has 0 saturated heterocycles. The van der Waals surface area contributed by atoms with Crippen LogP contribution < -0.4 is 11.1 Å². The van der Waals surface area contributed by atoms with Crippen molar-refractivity contribution in [3.8, 4) is 0 Å². The van der Waals surface area contributed by atoms with Crippen molar-refractivity contribution in [3.05, 3.63) is 58.1 Å². The molecule has 0 saturated carbocycles. The lowest BCUT2D eigenvalue weighted by atomic mass is 9.83. The first-order valence-electron chi connectivity index (χ1n) is 8.22. The van der Waals surface area contributed by atoms with Crippen LogP contribution in [0.1, 0.15) is 43.9 Å². The molecule has 0 aliphatic heterocycles. The lowest BCUT2D eigenvalue weighted by Gasteiger charge is -2.28. The number of rotatable bonds is 6. The first kappa shape index (κ1) is 17.7. The van der Waals surface area contributed by atoms with Crippen LogP contribution in [0.5, 0.6) is 0 Å². The van der Waals surface area contributed by atoms with Crippen LogP contribution >= 0.6 is 11.6 Å². The van der Waals surface area contributed by atoms with Crippen LogP contribution in [0.4, 0.5) is 11.4 Å². The van der Waals surface area contributed by atoms with Gasteiger partial charge >= 0.3 is 0 Å². The predicted molar refractivity (Wildman–Crippen MR) is 103 cm³/mol. The van der Waals surface area contributed by atoms with Gasteiger partial charge in [-0.3, -0.25) is 0 Å². The standard InChI is InChI=1S/C20H27ClN2/c1-5-6-15-12-16(22)8-10-19(15)23-13-20(3,4)17-11-14(2)7-9-18(17)21/h7-12,23H,5-6,13,22H2,1-4H3. The summed E-state index contributed by atoms with van der Waals surface area (Å²) in [4.78, 5) is 0. The Labute approximate surface area is 145 Å². The van der Waals surface area contributed by atoms with Gasteiger partial charge in [0, 0.05) is 28.4 Å². The predicted octanol–water partition coefficient (Wildman–Crippen LogP) is 5.57. The van der Waals surface area contributed by atoms with Crippen molar-refractivity contribution in [3.63, 3.8) is 0 Å². The highest BCUT2D eigenvalue weighted by molar-refractivity contribution is 6.31. The highest BCUT2D eigenvalue weighted by Gasteiger charge is 2.23. The Morgan fingerprint density at radius 2 is 1.87 bits per heavy atom. The quantitative estimate of drug-likeness (QED) is 0.679. The van der Waals surface area contributed by atoms with Gasteiger partial charge in [-0.2, -0.15) is 0 Å². The lowest BCUT2D eigenvalue weighted by molar-refractivity contribution is 0.556. The third-order valence-corrected chi connectivity index (χ3v) is 4.55. The van der Waals surface area contributed by atoms with Crippen LogP contribution in [0.25, 0.3) is 0 Å². The van der Waals surface area contributed by atoms with Gasteiger partial charge in [-0.1, -0.05) is 56.5 Å². The van der Waals surface area contributed by atoms with Gasteiger partial charge in [0.1, 0.15) is 0 Å². The van der Waals surface area contributed by atoms with E-state index < -0.39 is 0 Å². The minimum absolute atomic E-state index is 0.0615. The van der Waals surface area contributed by atoms with E-state index in [2.05, 4.69) is 57.3 Å². The maximum absolute atomic E-state index is 6.42. The average molecular weight is 331 g/mol. The Hall–Kier alpha value is -1.67. The van der Waals surface area contributed by atoms with Gasteiger partial charge in [0.25, 0.3) is 0 Å². The molecule has 2 aromatic rings. The van der Waals surface area contributed by atoms with Crippen LogP contribution in [0, 0.1) is 6.92 Å². The van der Waals surface area contributed by atoms with Crippen LogP contribution in [0.15, 0.2) is 36.4 Å². The highest BCUT2D eigenvalue weighted by Crippen LogP contribution is 2.31. The normalized spacial score (nSPS) is 11.5. The summed E-state index contributed by atoms with van der Waals surface area (Å²) in [6.07, 6.45) is 2.13. The van der Waals surface area contributed by atoms with Gasteiger partial charge in [0.2, 0.25) is 0 Å². The average Bonchev–Trinajstić information content (AvgIpc) is 2.49. The molecule has 0 aliphatic carbocycles. The zero-order valence-corrected chi connectivity index (χ0v) is 15.3. The van der Waals surface area contributed by atoms with Crippen LogP contribution in [-0.4, -0.2) is 6.54 Å². The van der Waals surface area contributed by atoms with Crippen molar-refractivity contribution in [1.82, 2.24) is 0 Å². The third kappa shape index (κ3) is 4.42. The second-order valence-electron chi connectivity index (χ2n) is 6.89. The topological polar surface area (TPSA) is 38.0 Å². The zero-order valence-electron chi connectivity index (χ0n) is 14.5. The van der Waals surface area contributed by atoms with Crippen molar-refractivity contribution in [2.45, 2.75) is 46.0 Å². The Kier molecular flexibility index (Phi) is 5.59. The Morgan fingerprint density at radius 1 is 1.13 bits per heavy atom. The fourth-order valence-electron chi connectivity index (χ4n) is 2.83. The summed E-state index contributed by atoms with van der Waals surface area (Å²) in [7, 11) is 0. The molecule has 124 valence electrons. The summed E-state index contributed by atoms with van der Waals surface area (Å²) < 4.78 is 0. The highest BCUT2D eigenvalue weighted by atomic mass is 35.5. The molecule has 2 aromatic carbocycles. The van der Waals surface area contributed by atoms with E-state index in [0.29, 0.717) is 0 Å². The molecule has 0 spiro atoms. The van der Waals surface area contributed by atoms with E-state index in [4.69, 9.17) is 17.3 Å². The van der Waals surface area contributed by atoms with Gasteiger partial charge in [0.15, 0.2) is 0 Å². The first-order chi connectivity index (χ1) is 10.8. The van der Waals surface area contributed by atoms with Crippen LogP contribution in [-0.2, 0) is 11.8 Å². The summed E-state index contributed by atoms with van der Waals surface area (Å²) in [6.45, 7) is 9.54. The van der Waals surface area contributed by atoms with Crippen molar-refractivity contribution in [1.29, 1.82) is 0 Å². The molecular weight excluding hydrogens is 304 g/mol. The smallest absolute Gasteiger partial charge is 0.0444 e. The largest absolute Gasteiger partial charge is 0.399 e. The maximum Gasteiger partial charge on any atom is 0.0444 e. The van der Waals surface area contributed by atoms with E-state index in [1.807, 2.05) is 12.1 Å². The van der Waals surface area contributed by atoms with Crippen molar-refractivity contribution >= 4 is 23.0 Å². The van der Waals surface area contributed by atoms with Crippen LogP contribution in [0.3, 0.4) is 0 Å². The molecule has 0 radical (unpaired) electrons. The van der Waals surface area contributed by atoms with Crippen molar-refractivity contribution < 1.29 is 0 Å². The Bertz CT molecular complexity index is 677. The van der Waals surface area contributed by atoms with E-state index in [9.17, 15) is 0 Å². The van der Waals surface area contributed by atoms with Crippen LogP contribution in [0.2, 0.25) is 5.02 Å². The van der Waals surface area contributed by atoms with Gasteiger partial charge in [0.05, 0.1) is 0 Å². The molecule has 0 atom stereocenters. The zero-order chi connectivity index (χ0) is 17.0. The van der Waals surface area contributed by atoms with E-state index in [1.165, 1.54) is 16.7 Å². The molecule has 0 unspecified atom stereocenters. The molecule has 2 rings (SSSR count). The van der Waals surface area contributed by atoms with Crippen molar-refractivity contribution in [2.75, 3.05) is 17.6 Å². The number of nitrogens with one attached hydrogen (secondary N) is 1. The number of anilines is 2. The van der Waals surface area contributed by atoms with E-state index in [1.54, 1.807) is 0 Å². The molecule has 0 amide bonds. The molecule has 23 heavy (non-hydrogen) atoms. The molecule has 0 bridgehead atoms. The van der Waals surface area contributed by atoms with Crippen molar-refractivity contribution in [2.24, 2.45) is 0 Å². The first-order valence-corrected chi connectivity index (χ1v) is 8.60. The number of aryl methyl sites for hydroxylation is 2. The molecular formula is C20H27ClN2. The van der Waals surface area contributed by atoms with E-state index in [0.717, 1.165) is 35.8 Å². The molecule has 0 aliphatic rings. The SMILES string of the molecule is CCCc1cc(N)ccc1NCC(C)(C)c1cc(C)ccc1Cl. The third-order valence-electron chi connectivity index (χ3n) is 4.22. The fourth-order valence-corrected chi connectivity index (χ4v) is 3.20. The maximum atomic E-state index is 6.42. The molecule has 2 nitrogen and oxygen atoms in total. The Morgan fingerprint density at radius 3 is 2.57 bits per heavy atom. The van der Waals surface area contributed by atoms with Gasteiger partial charge in [-0.05, 0) is 48.7 Å². The second-order valence-corrected chi connectivity index (χ2v) is 7.29. The fraction of sp³-hybridized carbons (Fsp3) is 0.400. The number of hydrogen-bond acceptors (Lipinski definition) is 2. The molecule has 3 heteroatoms. The lowest BCUT2D eigenvalue weighted by Crippen LogP contribution is -2.28. The summed E-state index contributed by atoms with van der Waals surface area (Å²) in [5.74, 6) is 0. The molecule has 0 heterocycles. The van der Waals surface area contributed by atoms with E-state index >= 15 is 0 Å². The van der Waals surface area contributed by atoms with E-state index in [-0.39, 0.29) is 5.41 Å². The minimum atomic E-state index is -0.0615. The number of nitrogens with two attached hydrogens (primary N) is 1. The number of halogens is 1.